The number of ketones is 2. The second-order valence-electron chi connectivity index (χ2n) is 8.90. The predicted molar refractivity (Wildman–Crippen MR) is 137 cm³/mol. The Morgan fingerprint density at radius 1 is 1.00 bits per heavy atom. The number of allylic oxidation sites excluding steroid dienone is 4. The van der Waals surface area contributed by atoms with Crippen molar-refractivity contribution in [1.82, 2.24) is 5.32 Å². The van der Waals surface area contributed by atoms with Crippen LogP contribution < -0.4 is 15.4 Å². The Labute approximate surface area is 216 Å². The van der Waals surface area contributed by atoms with E-state index in [9.17, 15) is 14.4 Å². The van der Waals surface area contributed by atoms with E-state index < -0.39 is 0 Å². The van der Waals surface area contributed by atoms with Gasteiger partial charge in [-0.25, -0.2) is 0 Å². The third-order valence-electron chi connectivity index (χ3n) is 6.59. The van der Waals surface area contributed by atoms with Crippen LogP contribution in [0.3, 0.4) is 0 Å². The SMILES string of the molecule is O=C(COc1ccc(C2C3=C(CCCC3=O)NC3=C2C(=O)CCC3)cc1Br)Nc1ccccc1Cl. The molecule has 1 amide bonds. The van der Waals surface area contributed by atoms with E-state index in [1.54, 1.807) is 30.3 Å². The average Bonchev–Trinajstić information content (AvgIpc) is 2.84. The molecule has 2 aliphatic carbocycles. The molecule has 8 heteroatoms. The van der Waals surface area contributed by atoms with Gasteiger partial charge in [0, 0.05) is 41.3 Å². The van der Waals surface area contributed by atoms with Crippen LogP contribution in [0, 0.1) is 0 Å². The summed E-state index contributed by atoms with van der Waals surface area (Å²) in [6.45, 7) is -0.196. The first-order valence-electron chi connectivity index (χ1n) is 11.7. The van der Waals surface area contributed by atoms with Crippen molar-refractivity contribution >= 4 is 50.7 Å². The molecule has 2 N–H and O–H groups in total. The number of hydrogen-bond acceptors (Lipinski definition) is 5. The Hall–Kier alpha value is -2.90. The van der Waals surface area contributed by atoms with Crippen molar-refractivity contribution < 1.29 is 19.1 Å². The van der Waals surface area contributed by atoms with Crippen molar-refractivity contribution in [2.24, 2.45) is 0 Å². The monoisotopic (exact) mass is 554 g/mol. The molecule has 0 saturated carbocycles. The number of benzene rings is 2. The molecule has 0 spiro atoms. The van der Waals surface area contributed by atoms with Gasteiger partial charge in [-0.2, -0.15) is 0 Å². The fraction of sp³-hybridized carbons (Fsp3) is 0.296. The number of ether oxygens (including phenoxy) is 1. The summed E-state index contributed by atoms with van der Waals surface area (Å²) >= 11 is 9.65. The topological polar surface area (TPSA) is 84.5 Å². The number of dihydropyridines is 1. The summed E-state index contributed by atoms with van der Waals surface area (Å²) in [5.41, 5.74) is 4.71. The smallest absolute Gasteiger partial charge is 0.262 e. The minimum atomic E-state index is -0.379. The van der Waals surface area contributed by atoms with Crippen LogP contribution in [0.5, 0.6) is 5.75 Å². The first-order chi connectivity index (χ1) is 16.9. The number of anilines is 1. The van der Waals surface area contributed by atoms with Crippen molar-refractivity contribution in [3.05, 3.63) is 80.1 Å². The fourth-order valence-corrected chi connectivity index (χ4v) is 5.72. The molecule has 0 radical (unpaired) electrons. The van der Waals surface area contributed by atoms with Gasteiger partial charge in [0.15, 0.2) is 18.2 Å². The lowest BCUT2D eigenvalue weighted by Crippen LogP contribution is -2.36. The normalized spacial score (nSPS) is 18.1. The van der Waals surface area contributed by atoms with Gasteiger partial charge in [0.05, 0.1) is 15.2 Å². The van der Waals surface area contributed by atoms with Crippen LogP contribution in [0.25, 0.3) is 0 Å². The molecule has 0 saturated heterocycles. The van der Waals surface area contributed by atoms with Crippen LogP contribution in [0.1, 0.15) is 50.0 Å². The number of hydrogen-bond donors (Lipinski definition) is 2. The maximum Gasteiger partial charge on any atom is 0.262 e. The molecule has 0 unspecified atom stereocenters. The van der Waals surface area contributed by atoms with Crippen molar-refractivity contribution in [2.45, 2.75) is 44.4 Å². The highest BCUT2D eigenvalue weighted by Crippen LogP contribution is 2.46. The van der Waals surface area contributed by atoms with Gasteiger partial charge in [-0.3, -0.25) is 14.4 Å². The van der Waals surface area contributed by atoms with Gasteiger partial charge in [-0.15, -0.1) is 0 Å². The maximum absolute atomic E-state index is 13.0. The van der Waals surface area contributed by atoms with Crippen LogP contribution in [0.4, 0.5) is 5.69 Å². The van der Waals surface area contributed by atoms with Crippen LogP contribution in [-0.2, 0) is 14.4 Å². The summed E-state index contributed by atoms with van der Waals surface area (Å²) in [5, 5.41) is 6.61. The lowest BCUT2D eigenvalue weighted by Gasteiger charge is -2.37. The molecular formula is C27H24BrClN2O4. The largest absolute Gasteiger partial charge is 0.483 e. The summed E-state index contributed by atoms with van der Waals surface area (Å²) in [5.74, 6) is -0.0265. The fourth-order valence-electron chi connectivity index (χ4n) is 5.02. The number of amides is 1. The molecule has 1 aliphatic heterocycles. The van der Waals surface area contributed by atoms with Crippen LogP contribution >= 0.6 is 27.5 Å². The number of nitrogens with one attached hydrogen (secondary N) is 2. The van der Waals surface area contributed by atoms with E-state index in [0.29, 0.717) is 44.9 Å². The third-order valence-corrected chi connectivity index (χ3v) is 7.54. The summed E-state index contributed by atoms with van der Waals surface area (Å²) in [6.07, 6.45) is 4.26. The molecule has 0 atom stereocenters. The van der Waals surface area contributed by atoms with E-state index in [1.807, 2.05) is 12.1 Å². The first-order valence-corrected chi connectivity index (χ1v) is 12.9. The van der Waals surface area contributed by atoms with Gasteiger partial charge >= 0.3 is 0 Å². The maximum atomic E-state index is 13.0. The Balaban J connectivity index is 1.39. The van der Waals surface area contributed by atoms with Crippen molar-refractivity contribution in [1.29, 1.82) is 0 Å². The van der Waals surface area contributed by atoms with Gasteiger partial charge in [0.2, 0.25) is 0 Å². The molecule has 0 aromatic heterocycles. The van der Waals surface area contributed by atoms with E-state index in [0.717, 1.165) is 42.6 Å². The zero-order chi connectivity index (χ0) is 24.5. The number of halogens is 2. The van der Waals surface area contributed by atoms with Crippen molar-refractivity contribution in [3.8, 4) is 5.75 Å². The van der Waals surface area contributed by atoms with E-state index in [4.69, 9.17) is 16.3 Å². The number of Topliss-reactive ketones (excluding diaryl/α,β-unsaturated/α-hetero) is 2. The predicted octanol–water partition coefficient (Wildman–Crippen LogP) is 5.82. The van der Waals surface area contributed by atoms with E-state index in [2.05, 4.69) is 26.6 Å². The van der Waals surface area contributed by atoms with Gasteiger partial charge in [-0.05, 0) is 71.4 Å². The summed E-state index contributed by atoms with van der Waals surface area (Å²) in [7, 11) is 0. The molecular weight excluding hydrogens is 532 g/mol. The number of carbonyl (C=O) groups is 3. The second kappa shape index (κ2) is 9.99. The highest BCUT2D eigenvalue weighted by Gasteiger charge is 2.40. The van der Waals surface area contributed by atoms with Gasteiger partial charge in [-0.1, -0.05) is 29.8 Å². The van der Waals surface area contributed by atoms with Crippen molar-refractivity contribution in [3.63, 3.8) is 0 Å². The quantitative estimate of drug-likeness (QED) is 0.486. The van der Waals surface area contributed by atoms with Crippen LogP contribution in [0.15, 0.2) is 69.5 Å². The molecule has 0 bridgehead atoms. The summed E-state index contributed by atoms with van der Waals surface area (Å²) in [6, 6.07) is 12.5. The van der Waals surface area contributed by atoms with Gasteiger partial charge < -0.3 is 15.4 Å². The molecule has 1 heterocycles. The molecule has 0 fully saturated rings. The first kappa shape index (κ1) is 23.8. The molecule has 2 aromatic carbocycles. The Bertz CT molecular complexity index is 1260. The number of para-hydroxylation sites is 1. The molecule has 35 heavy (non-hydrogen) atoms. The number of rotatable bonds is 5. The van der Waals surface area contributed by atoms with Crippen LogP contribution in [-0.4, -0.2) is 24.1 Å². The zero-order valence-corrected chi connectivity index (χ0v) is 21.3. The molecule has 3 aliphatic rings. The highest BCUT2D eigenvalue weighted by atomic mass is 79.9. The van der Waals surface area contributed by atoms with Gasteiger partial charge in [0.1, 0.15) is 5.75 Å². The van der Waals surface area contributed by atoms with E-state index in [1.165, 1.54) is 0 Å². The van der Waals surface area contributed by atoms with Crippen molar-refractivity contribution in [2.75, 3.05) is 11.9 Å². The highest BCUT2D eigenvalue weighted by molar-refractivity contribution is 9.10. The molecule has 2 aromatic rings. The Morgan fingerprint density at radius 3 is 2.29 bits per heavy atom. The molecule has 180 valence electrons. The van der Waals surface area contributed by atoms with Crippen LogP contribution in [0.2, 0.25) is 5.02 Å². The van der Waals surface area contributed by atoms with Gasteiger partial charge in [0.25, 0.3) is 5.91 Å². The summed E-state index contributed by atoms with van der Waals surface area (Å²) < 4.78 is 6.38. The zero-order valence-electron chi connectivity index (χ0n) is 19.0. The summed E-state index contributed by atoms with van der Waals surface area (Å²) in [4.78, 5) is 38.3. The third kappa shape index (κ3) is 4.80. The lowest BCUT2D eigenvalue weighted by atomic mass is 9.71. The minimum Gasteiger partial charge on any atom is -0.483 e. The van der Waals surface area contributed by atoms with E-state index >= 15 is 0 Å². The average molecular weight is 556 g/mol. The molecule has 6 nitrogen and oxygen atoms in total. The van der Waals surface area contributed by atoms with E-state index in [-0.39, 0.29) is 30.0 Å². The minimum absolute atomic E-state index is 0.0985. The molecule has 5 rings (SSSR count). The second-order valence-corrected chi connectivity index (χ2v) is 10.2. The number of carbonyl (C=O) groups excluding carboxylic acids is 3. The standard InChI is InChI=1S/C27H24BrClN2O4/c28-16-13-15(11-12-23(16)35-14-24(34)31-18-6-2-1-5-17(18)29)25-26-19(7-3-9-21(26)32)30-20-8-4-10-22(33)27(20)25/h1-2,5-6,11-13,25,30H,3-4,7-10,14H2,(H,31,34). The lowest BCUT2D eigenvalue weighted by molar-refractivity contribution is -0.118. The Morgan fingerprint density at radius 2 is 1.66 bits per heavy atom. The Kier molecular flexibility index (Phi) is 6.80.